The number of ether oxygens (including phenoxy) is 1. The lowest BCUT2D eigenvalue weighted by molar-refractivity contribution is -0.131. The fourth-order valence-electron chi connectivity index (χ4n) is 3.69. The molecule has 0 radical (unpaired) electrons. The number of benzene rings is 2. The first-order valence-electron chi connectivity index (χ1n) is 10.00. The Bertz CT molecular complexity index is 843. The molecule has 29 heavy (non-hydrogen) atoms. The lowest BCUT2D eigenvalue weighted by atomic mass is 10.1. The molecule has 0 aliphatic carbocycles. The van der Waals surface area contributed by atoms with Gasteiger partial charge in [-0.15, -0.1) is 0 Å². The van der Waals surface area contributed by atoms with Crippen LogP contribution >= 0.6 is 0 Å². The monoisotopic (exact) mass is 395 g/mol. The highest BCUT2D eigenvalue weighted by Gasteiger charge is 2.23. The summed E-state index contributed by atoms with van der Waals surface area (Å²) >= 11 is 0. The molecule has 0 saturated carbocycles. The summed E-state index contributed by atoms with van der Waals surface area (Å²) in [6.07, 6.45) is 0.330. The van der Waals surface area contributed by atoms with Gasteiger partial charge in [0.1, 0.15) is 5.75 Å². The van der Waals surface area contributed by atoms with Gasteiger partial charge in [-0.1, -0.05) is 18.2 Å². The summed E-state index contributed by atoms with van der Waals surface area (Å²) in [5, 5.41) is 0. The summed E-state index contributed by atoms with van der Waals surface area (Å²) in [5.41, 5.74) is 3.04. The predicted octanol–water partition coefficient (Wildman–Crippen LogP) is 3.10. The number of piperazine rings is 1. The van der Waals surface area contributed by atoms with E-state index in [-0.39, 0.29) is 11.8 Å². The fourth-order valence-corrected chi connectivity index (χ4v) is 3.69. The number of amides is 2. The summed E-state index contributed by atoms with van der Waals surface area (Å²) in [6.45, 7) is 6.90. The Kier molecular flexibility index (Phi) is 6.75. The maximum absolute atomic E-state index is 12.7. The van der Waals surface area contributed by atoms with Crippen molar-refractivity contribution in [2.24, 2.45) is 0 Å². The largest absolute Gasteiger partial charge is 0.497 e. The van der Waals surface area contributed by atoms with Crippen LogP contribution in [0.4, 0.5) is 11.4 Å². The molecule has 154 valence electrons. The number of hydrogen-bond acceptors (Lipinski definition) is 4. The van der Waals surface area contributed by atoms with Gasteiger partial charge >= 0.3 is 0 Å². The number of para-hydroxylation sites is 1. The molecule has 0 unspecified atom stereocenters. The molecule has 1 fully saturated rings. The van der Waals surface area contributed by atoms with E-state index in [0.717, 1.165) is 35.8 Å². The highest BCUT2D eigenvalue weighted by molar-refractivity contribution is 5.93. The van der Waals surface area contributed by atoms with E-state index in [1.807, 2.05) is 60.4 Å². The Morgan fingerprint density at radius 1 is 1.00 bits per heavy atom. The topological polar surface area (TPSA) is 53.1 Å². The number of carbonyl (C=O) groups is 2. The smallest absolute Gasteiger partial charge is 0.224 e. The lowest BCUT2D eigenvalue weighted by Crippen LogP contribution is -2.49. The first-order valence-corrected chi connectivity index (χ1v) is 10.00. The van der Waals surface area contributed by atoms with Gasteiger partial charge in [0.05, 0.1) is 7.11 Å². The van der Waals surface area contributed by atoms with Crippen LogP contribution in [-0.2, 0) is 9.59 Å². The molecule has 6 heteroatoms. The number of methoxy groups -OCH3 is 1. The van der Waals surface area contributed by atoms with Crippen LogP contribution in [0.5, 0.6) is 5.75 Å². The Balaban J connectivity index is 1.53. The van der Waals surface area contributed by atoms with Crippen molar-refractivity contribution < 1.29 is 14.3 Å². The van der Waals surface area contributed by atoms with Crippen molar-refractivity contribution in [3.8, 4) is 5.75 Å². The Labute approximate surface area is 172 Å². The van der Waals surface area contributed by atoms with Gasteiger partial charge in [0, 0.05) is 57.4 Å². The van der Waals surface area contributed by atoms with Crippen molar-refractivity contribution in [2.45, 2.75) is 20.3 Å². The van der Waals surface area contributed by atoms with Crippen molar-refractivity contribution in [1.82, 2.24) is 4.90 Å². The fraction of sp³-hybridized carbons (Fsp3) is 0.391. The van der Waals surface area contributed by atoms with E-state index in [2.05, 4.69) is 4.90 Å². The molecule has 2 aromatic carbocycles. The summed E-state index contributed by atoms with van der Waals surface area (Å²) < 4.78 is 5.21. The molecule has 6 nitrogen and oxygen atoms in total. The molecular formula is C23H29N3O3. The molecule has 0 bridgehead atoms. The number of rotatable bonds is 6. The molecule has 3 rings (SSSR count). The predicted molar refractivity (Wildman–Crippen MR) is 116 cm³/mol. The third kappa shape index (κ3) is 5.08. The van der Waals surface area contributed by atoms with E-state index >= 15 is 0 Å². The van der Waals surface area contributed by atoms with E-state index in [0.29, 0.717) is 26.1 Å². The van der Waals surface area contributed by atoms with Crippen LogP contribution < -0.4 is 14.5 Å². The zero-order valence-electron chi connectivity index (χ0n) is 17.4. The highest BCUT2D eigenvalue weighted by atomic mass is 16.5. The van der Waals surface area contributed by atoms with Gasteiger partial charge < -0.3 is 19.4 Å². The van der Waals surface area contributed by atoms with Crippen molar-refractivity contribution in [3.63, 3.8) is 0 Å². The summed E-state index contributed by atoms with van der Waals surface area (Å²) in [4.78, 5) is 30.7. The van der Waals surface area contributed by atoms with Crippen molar-refractivity contribution >= 4 is 23.2 Å². The number of anilines is 2. The first-order chi connectivity index (χ1) is 14.0. The van der Waals surface area contributed by atoms with Crippen LogP contribution in [0, 0.1) is 6.92 Å². The van der Waals surface area contributed by atoms with Crippen LogP contribution in [0.1, 0.15) is 18.9 Å². The molecule has 0 atom stereocenters. The van der Waals surface area contributed by atoms with Crippen molar-refractivity contribution in [2.75, 3.05) is 49.6 Å². The van der Waals surface area contributed by atoms with Crippen LogP contribution in [0.2, 0.25) is 0 Å². The quantitative estimate of drug-likeness (QED) is 0.754. The van der Waals surface area contributed by atoms with Crippen molar-refractivity contribution in [3.05, 3.63) is 54.1 Å². The Morgan fingerprint density at radius 2 is 1.66 bits per heavy atom. The van der Waals surface area contributed by atoms with Gasteiger partial charge in [0.15, 0.2) is 0 Å². The van der Waals surface area contributed by atoms with E-state index in [1.54, 1.807) is 18.9 Å². The SMILES string of the molecule is COc1ccc(N2CCN(C(=O)CCN(C(C)=O)c3ccccc3C)CC2)cc1. The second-order valence-electron chi connectivity index (χ2n) is 7.27. The number of aryl methyl sites for hydroxylation is 1. The van der Waals surface area contributed by atoms with Gasteiger partial charge in [-0.3, -0.25) is 9.59 Å². The number of nitrogens with zero attached hydrogens (tertiary/aromatic N) is 3. The van der Waals surface area contributed by atoms with Crippen LogP contribution in [0.3, 0.4) is 0 Å². The van der Waals surface area contributed by atoms with Crippen molar-refractivity contribution in [1.29, 1.82) is 0 Å². The average Bonchev–Trinajstić information content (AvgIpc) is 2.75. The molecule has 1 heterocycles. The average molecular weight is 396 g/mol. The third-order valence-electron chi connectivity index (χ3n) is 5.41. The zero-order chi connectivity index (χ0) is 20.8. The molecule has 1 saturated heterocycles. The van der Waals surface area contributed by atoms with E-state index in [9.17, 15) is 9.59 Å². The Hall–Kier alpha value is -3.02. The molecule has 0 aromatic heterocycles. The first kappa shape index (κ1) is 20.7. The highest BCUT2D eigenvalue weighted by Crippen LogP contribution is 2.22. The van der Waals surface area contributed by atoms with Gasteiger partial charge in [-0.05, 0) is 42.8 Å². The standard InChI is InChI=1S/C23H29N3O3/c1-18-6-4-5-7-22(18)26(19(2)27)13-12-23(28)25-16-14-24(15-17-25)20-8-10-21(29-3)11-9-20/h4-11H,12-17H2,1-3H3. The van der Waals surface area contributed by atoms with E-state index < -0.39 is 0 Å². The van der Waals surface area contributed by atoms with Crippen LogP contribution in [0.25, 0.3) is 0 Å². The molecule has 1 aliphatic heterocycles. The summed E-state index contributed by atoms with van der Waals surface area (Å²) in [6, 6.07) is 15.8. The summed E-state index contributed by atoms with van der Waals surface area (Å²) in [5.74, 6) is 0.891. The minimum atomic E-state index is -0.0450. The van der Waals surface area contributed by atoms with Crippen LogP contribution in [0.15, 0.2) is 48.5 Å². The number of hydrogen-bond donors (Lipinski definition) is 0. The van der Waals surface area contributed by atoms with Gasteiger partial charge in [0.2, 0.25) is 11.8 Å². The molecule has 0 spiro atoms. The Morgan fingerprint density at radius 3 is 2.24 bits per heavy atom. The summed E-state index contributed by atoms with van der Waals surface area (Å²) in [7, 11) is 1.66. The second-order valence-corrected chi connectivity index (χ2v) is 7.27. The minimum Gasteiger partial charge on any atom is -0.497 e. The lowest BCUT2D eigenvalue weighted by Gasteiger charge is -2.36. The second kappa shape index (κ2) is 9.45. The maximum atomic E-state index is 12.7. The maximum Gasteiger partial charge on any atom is 0.224 e. The van der Waals surface area contributed by atoms with Gasteiger partial charge in [-0.25, -0.2) is 0 Å². The zero-order valence-corrected chi connectivity index (χ0v) is 17.4. The third-order valence-corrected chi connectivity index (χ3v) is 5.41. The van der Waals surface area contributed by atoms with E-state index in [1.165, 1.54) is 0 Å². The molecule has 1 aliphatic rings. The van der Waals surface area contributed by atoms with Gasteiger partial charge in [-0.2, -0.15) is 0 Å². The van der Waals surface area contributed by atoms with Crippen LogP contribution in [-0.4, -0.2) is 56.5 Å². The van der Waals surface area contributed by atoms with Gasteiger partial charge in [0.25, 0.3) is 0 Å². The minimum absolute atomic E-state index is 0.0450. The van der Waals surface area contributed by atoms with E-state index in [4.69, 9.17) is 4.74 Å². The molecule has 2 amide bonds. The normalized spacial score (nSPS) is 13.9. The molecule has 2 aromatic rings. The molecule has 0 N–H and O–H groups in total. The molecular weight excluding hydrogens is 366 g/mol. The number of carbonyl (C=O) groups excluding carboxylic acids is 2.